The van der Waals surface area contributed by atoms with E-state index in [-0.39, 0.29) is 16.7 Å². The lowest BCUT2D eigenvalue weighted by molar-refractivity contribution is -0.185. The minimum absolute atomic E-state index is 0.00343. The molecule has 0 radical (unpaired) electrons. The summed E-state index contributed by atoms with van der Waals surface area (Å²) in [4.78, 5) is 0. The van der Waals surface area contributed by atoms with Gasteiger partial charge in [0.1, 0.15) is 17.4 Å². The molecule has 0 fully saturated rings. The number of hydrogen-bond donors (Lipinski definition) is 0. The second kappa shape index (κ2) is 9.26. The van der Waals surface area contributed by atoms with E-state index in [9.17, 15) is 30.7 Å². The minimum Gasteiger partial charge on any atom is -0.429 e. The molecule has 0 bridgehead atoms. The smallest absolute Gasteiger partial charge is 0.428 e. The molecule has 0 aliphatic heterocycles. The lowest BCUT2D eigenvalue weighted by Crippen LogP contribution is -2.23. The quantitative estimate of drug-likeness (QED) is 0.192. The zero-order valence-electron chi connectivity index (χ0n) is 17.8. The number of ether oxygens (including phenoxy) is 1. The fourth-order valence-corrected chi connectivity index (χ4v) is 3.71. The zero-order valence-corrected chi connectivity index (χ0v) is 18.5. The maximum absolute atomic E-state index is 14.8. The molecule has 0 N–H and O–H groups in total. The van der Waals surface area contributed by atoms with E-state index in [2.05, 4.69) is 4.74 Å². The van der Waals surface area contributed by atoms with Gasteiger partial charge >= 0.3 is 6.11 Å². The summed E-state index contributed by atoms with van der Waals surface area (Å²) in [5.74, 6) is -7.74. The number of rotatable bonds is 5. The summed E-state index contributed by atoms with van der Waals surface area (Å²) < 4.78 is 104. The van der Waals surface area contributed by atoms with E-state index in [0.29, 0.717) is 23.8 Å². The van der Waals surface area contributed by atoms with Crippen molar-refractivity contribution in [3.63, 3.8) is 0 Å². The summed E-state index contributed by atoms with van der Waals surface area (Å²) in [6.45, 7) is 1.83. The van der Waals surface area contributed by atoms with E-state index in [1.807, 2.05) is 6.92 Å². The molecule has 9 heteroatoms. The first kappa shape index (κ1) is 24.6. The minimum atomic E-state index is -4.16. The molecule has 1 nitrogen and oxygen atoms in total. The van der Waals surface area contributed by atoms with Gasteiger partial charge in [0.25, 0.3) is 0 Å². The Kier molecular flexibility index (Phi) is 6.51. The van der Waals surface area contributed by atoms with Crippen LogP contribution in [0.2, 0.25) is 5.02 Å². The molecule has 35 heavy (non-hydrogen) atoms. The van der Waals surface area contributed by atoms with Crippen molar-refractivity contribution in [1.82, 2.24) is 0 Å². The third-order valence-corrected chi connectivity index (χ3v) is 5.61. The Balaban J connectivity index is 1.63. The van der Waals surface area contributed by atoms with Gasteiger partial charge in [-0.3, -0.25) is 0 Å². The third-order valence-electron chi connectivity index (χ3n) is 5.24. The van der Waals surface area contributed by atoms with Gasteiger partial charge in [0.2, 0.25) is 0 Å². The van der Waals surface area contributed by atoms with Crippen LogP contribution >= 0.6 is 11.6 Å². The summed E-state index contributed by atoms with van der Waals surface area (Å²) >= 11 is 5.90. The largest absolute Gasteiger partial charge is 0.429 e. The Labute approximate surface area is 200 Å². The lowest BCUT2D eigenvalue weighted by atomic mass is 10.0. The number of hydrogen-bond acceptors (Lipinski definition) is 1. The van der Waals surface area contributed by atoms with Crippen LogP contribution in [0.4, 0.5) is 30.7 Å². The molecule has 0 aliphatic carbocycles. The lowest BCUT2D eigenvalue weighted by Gasteiger charge is -2.21. The van der Waals surface area contributed by atoms with Crippen LogP contribution in [0.3, 0.4) is 0 Å². The molecular formula is C26H14ClF7O. The first-order chi connectivity index (χ1) is 16.5. The molecule has 0 unspecified atom stereocenters. The molecule has 4 aromatic carbocycles. The van der Waals surface area contributed by atoms with Gasteiger partial charge in [-0.05, 0) is 48.4 Å². The molecule has 0 saturated heterocycles. The number of benzene rings is 4. The van der Waals surface area contributed by atoms with Gasteiger partial charge in [-0.25, -0.2) is 22.0 Å². The molecular weight excluding hydrogens is 497 g/mol. The van der Waals surface area contributed by atoms with Gasteiger partial charge in [-0.1, -0.05) is 47.5 Å². The van der Waals surface area contributed by atoms with Crippen molar-refractivity contribution in [2.45, 2.75) is 13.0 Å². The van der Waals surface area contributed by atoms with Crippen molar-refractivity contribution < 1.29 is 35.5 Å². The maximum atomic E-state index is 14.8. The Bertz CT molecular complexity index is 1400. The summed E-state index contributed by atoms with van der Waals surface area (Å²) in [5, 5.41) is -0.873. The molecule has 0 saturated carbocycles. The first-order valence-electron chi connectivity index (χ1n) is 10.0. The molecule has 4 aromatic rings. The molecule has 0 spiro atoms. The van der Waals surface area contributed by atoms with Crippen molar-refractivity contribution in [3.05, 3.63) is 112 Å². The van der Waals surface area contributed by atoms with Crippen LogP contribution in [-0.4, -0.2) is 0 Å². The maximum Gasteiger partial charge on any atom is 0.428 e. The van der Waals surface area contributed by atoms with Crippen LogP contribution < -0.4 is 4.74 Å². The van der Waals surface area contributed by atoms with E-state index in [1.165, 1.54) is 0 Å². The molecule has 0 amide bonds. The number of aryl methyl sites for hydroxylation is 1. The van der Waals surface area contributed by atoms with Crippen molar-refractivity contribution in [3.8, 4) is 28.0 Å². The average Bonchev–Trinajstić information content (AvgIpc) is 2.79. The molecule has 0 atom stereocenters. The highest BCUT2D eigenvalue weighted by Crippen LogP contribution is 2.40. The second-order valence-electron chi connectivity index (χ2n) is 7.67. The van der Waals surface area contributed by atoms with Crippen LogP contribution in [0.25, 0.3) is 22.3 Å². The number of alkyl halides is 2. The van der Waals surface area contributed by atoms with Gasteiger partial charge in [0.15, 0.2) is 17.5 Å². The Hall–Kier alpha value is -3.52. The van der Waals surface area contributed by atoms with Crippen LogP contribution in [-0.2, 0) is 6.11 Å². The average molecular weight is 511 g/mol. The van der Waals surface area contributed by atoms with Gasteiger partial charge in [0, 0.05) is 17.2 Å². The van der Waals surface area contributed by atoms with Crippen LogP contribution in [0, 0.1) is 36.0 Å². The predicted octanol–water partition coefficient (Wildman–Crippen LogP) is 8.81. The molecule has 180 valence electrons. The monoisotopic (exact) mass is 510 g/mol. The molecule has 0 heterocycles. The fraction of sp³-hybridized carbons (Fsp3) is 0.0769. The van der Waals surface area contributed by atoms with Crippen molar-refractivity contribution >= 4 is 11.6 Å². The topological polar surface area (TPSA) is 9.23 Å². The normalized spacial score (nSPS) is 11.6. The fourth-order valence-electron chi connectivity index (χ4n) is 3.44. The van der Waals surface area contributed by atoms with E-state index >= 15 is 0 Å². The van der Waals surface area contributed by atoms with Gasteiger partial charge in [-0.2, -0.15) is 8.78 Å². The van der Waals surface area contributed by atoms with E-state index < -0.39 is 51.5 Å². The number of halogens is 8. The van der Waals surface area contributed by atoms with Gasteiger partial charge in [-0.15, -0.1) is 0 Å². The second-order valence-corrected chi connectivity index (χ2v) is 8.05. The SMILES string of the molecule is Cc1ccc(-c2ccc(C(F)(F)Oc3ccc(-c4cc(F)c(F)c(F)c4)c(F)c3)c(Cl)c2F)cc1. The molecule has 4 rings (SSSR count). The summed E-state index contributed by atoms with van der Waals surface area (Å²) in [6.07, 6.45) is -4.16. The summed E-state index contributed by atoms with van der Waals surface area (Å²) in [6, 6.07) is 12.2. The summed E-state index contributed by atoms with van der Waals surface area (Å²) in [5.41, 5.74) is -0.371. The van der Waals surface area contributed by atoms with E-state index in [4.69, 9.17) is 11.6 Å². The highest BCUT2D eigenvalue weighted by Gasteiger charge is 2.38. The van der Waals surface area contributed by atoms with Crippen molar-refractivity contribution in [2.24, 2.45) is 0 Å². The van der Waals surface area contributed by atoms with E-state index in [0.717, 1.165) is 29.8 Å². The van der Waals surface area contributed by atoms with Crippen LogP contribution in [0.1, 0.15) is 11.1 Å². The highest BCUT2D eigenvalue weighted by molar-refractivity contribution is 6.32. The standard InChI is InChI=1S/C26H14ClF7O/c1-13-2-4-14(5-3-13)18-8-9-19(23(27)24(18)31)26(33,34)35-16-6-7-17(20(28)12-16)15-10-21(29)25(32)22(30)11-15/h2-12H,1H3. The van der Waals surface area contributed by atoms with E-state index in [1.54, 1.807) is 24.3 Å². The Morgan fingerprint density at radius 2 is 1.26 bits per heavy atom. The molecule has 0 aliphatic rings. The van der Waals surface area contributed by atoms with Gasteiger partial charge in [0.05, 0.1) is 10.6 Å². The Morgan fingerprint density at radius 3 is 1.86 bits per heavy atom. The summed E-state index contributed by atoms with van der Waals surface area (Å²) in [7, 11) is 0. The Morgan fingerprint density at radius 1 is 0.657 bits per heavy atom. The van der Waals surface area contributed by atoms with Crippen LogP contribution in [0.15, 0.2) is 66.7 Å². The first-order valence-corrected chi connectivity index (χ1v) is 10.4. The van der Waals surface area contributed by atoms with Gasteiger partial charge < -0.3 is 4.74 Å². The highest BCUT2D eigenvalue weighted by atomic mass is 35.5. The zero-order chi connectivity index (χ0) is 25.5. The van der Waals surface area contributed by atoms with Crippen LogP contribution in [0.5, 0.6) is 5.75 Å². The third kappa shape index (κ3) is 4.84. The van der Waals surface area contributed by atoms with Crippen molar-refractivity contribution in [2.75, 3.05) is 0 Å². The van der Waals surface area contributed by atoms with Crippen molar-refractivity contribution in [1.29, 1.82) is 0 Å². The predicted molar refractivity (Wildman–Crippen MR) is 118 cm³/mol. The molecule has 0 aromatic heterocycles.